The minimum Gasteiger partial charge on any atom is -0.507 e. The minimum atomic E-state index is -0.0250. The van der Waals surface area contributed by atoms with Crippen LogP contribution in [0.3, 0.4) is 0 Å². The Hall–Kier alpha value is -1.90. The number of aromatic nitrogens is 1. The number of pyridine rings is 1. The quantitative estimate of drug-likeness (QED) is 0.696. The zero-order valence-electron chi connectivity index (χ0n) is 7.69. The molecule has 1 heterocycles. The number of ketones is 1. The highest BCUT2D eigenvalue weighted by atomic mass is 16.3. The van der Waals surface area contributed by atoms with Gasteiger partial charge in [0.1, 0.15) is 5.75 Å². The fraction of sp³-hybridized carbons (Fsp3) is 0.0909. The molecule has 0 atom stereocenters. The molecule has 3 nitrogen and oxygen atoms in total. The summed E-state index contributed by atoms with van der Waals surface area (Å²) in [5, 5.41) is 10.9. The van der Waals surface area contributed by atoms with E-state index in [1.165, 1.54) is 13.0 Å². The van der Waals surface area contributed by atoms with Crippen LogP contribution in [0, 0.1) is 0 Å². The SMILES string of the molecule is CC(=O)c1ccc(O)c2ccncc12. The van der Waals surface area contributed by atoms with Crippen LogP contribution >= 0.6 is 0 Å². The maximum atomic E-state index is 11.3. The lowest BCUT2D eigenvalue weighted by Crippen LogP contribution is -1.93. The van der Waals surface area contributed by atoms with E-state index in [1.54, 1.807) is 24.5 Å². The molecular weight excluding hydrogens is 178 g/mol. The zero-order chi connectivity index (χ0) is 10.1. The summed E-state index contributed by atoms with van der Waals surface area (Å²) >= 11 is 0. The van der Waals surface area contributed by atoms with Crippen LogP contribution in [0.2, 0.25) is 0 Å². The first-order chi connectivity index (χ1) is 6.70. The van der Waals surface area contributed by atoms with Crippen molar-refractivity contribution in [2.24, 2.45) is 0 Å². The Labute approximate surface area is 81.0 Å². The third-order valence-corrected chi connectivity index (χ3v) is 2.17. The summed E-state index contributed by atoms with van der Waals surface area (Å²) in [7, 11) is 0. The van der Waals surface area contributed by atoms with E-state index < -0.39 is 0 Å². The van der Waals surface area contributed by atoms with E-state index in [4.69, 9.17) is 0 Å². The average Bonchev–Trinajstić information content (AvgIpc) is 2.18. The van der Waals surface area contributed by atoms with Crippen molar-refractivity contribution in [1.29, 1.82) is 0 Å². The molecule has 2 rings (SSSR count). The number of phenols is 1. The van der Waals surface area contributed by atoms with Crippen molar-refractivity contribution in [3.05, 3.63) is 36.2 Å². The Morgan fingerprint density at radius 3 is 2.79 bits per heavy atom. The maximum Gasteiger partial charge on any atom is 0.160 e. The Balaban J connectivity index is 2.88. The van der Waals surface area contributed by atoms with Gasteiger partial charge >= 0.3 is 0 Å². The number of carbonyl (C=O) groups excluding carboxylic acids is 1. The molecule has 0 spiro atoms. The van der Waals surface area contributed by atoms with Crippen molar-refractivity contribution < 1.29 is 9.90 Å². The van der Waals surface area contributed by atoms with Gasteiger partial charge in [-0.15, -0.1) is 0 Å². The highest BCUT2D eigenvalue weighted by Gasteiger charge is 2.07. The molecule has 0 bridgehead atoms. The van der Waals surface area contributed by atoms with Gasteiger partial charge in [0.2, 0.25) is 0 Å². The molecule has 0 aliphatic rings. The highest BCUT2D eigenvalue weighted by Crippen LogP contribution is 2.26. The molecule has 0 unspecified atom stereocenters. The third kappa shape index (κ3) is 1.23. The Morgan fingerprint density at radius 2 is 2.07 bits per heavy atom. The monoisotopic (exact) mass is 187 g/mol. The topological polar surface area (TPSA) is 50.2 Å². The molecule has 1 aromatic carbocycles. The van der Waals surface area contributed by atoms with Gasteiger partial charge in [0, 0.05) is 28.7 Å². The lowest BCUT2D eigenvalue weighted by atomic mass is 10.0. The fourth-order valence-electron chi connectivity index (χ4n) is 1.48. The zero-order valence-corrected chi connectivity index (χ0v) is 7.69. The van der Waals surface area contributed by atoms with Gasteiger partial charge < -0.3 is 5.11 Å². The van der Waals surface area contributed by atoms with E-state index in [0.717, 1.165) is 0 Å². The average molecular weight is 187 g/mol. The maximum absolute atomic E-state index is 11.3. The number of rotatable bonds is 1. The molecule has 0 aliphatic heterocycles. The number of phenolic OH excluding ortho intramolecular Hbond substituents is 1. The van der Waals surface area contributed by atoms with Crippen LogP contribution in [0.1, 0.15) is 17.3 Å². The number of aromatic hydroxyl groups is 1. The second kappa shape index (κ2) is 3.10. The van der Waals surface area contributed by atoms with Gasteiger partial charge in [0.25, 0.3) is 0 Å². The summed E-state index contributed by atoms with van der Waals surface area (Å²) < 4.78 is 0. The molecule has 1 aromatic heterocycles. The Morgan fingerprint density at radius 1 is 1.29 bits per heavy atom. The van der Waals surface area contributed by atoms with Crippen LogP contribution in [0.15, 0.2) is 30.6 Å². The van der Waals surface area contributed by atoms with Gasteiger partial charge in [-0.05, 0) is 25.1 Å². The first-order valence-corrected chi connectivity index (χ1v) is 4.27. The van der Waals surface area contributed by atoms with Crippen molar-refractivity contribution in [1.82, 2.24) is 4.98 Å². The molecule has 14 heavy (non-hydrogen) atoms. The standard InChI is InChI=1S/C11H9NO2/c1-7(13)8-2-3-11(14)9-4-5-12-6-10(8)9/h2-6,14H,1H3. The Kier molecular flexibility index (Phi) is 1.93. The van der Waals surface area contributed by atoms with Crippen LogP contribution < -0.4 is 0 Å². The second-order valence-corrected chi connectivity index (χ2v) is 3.11. The normalized spacial score (nSPS) is 10.4. The molecule has 2 aromatic rings. The molecule has 0 amide bonds. The highest BCUT2D eigenvalue weighted by molar-refractivity contribution is 6.08. The minimum absolute atomic E-state index is 0.0250. The first-order valence-electron chi connectivity index (χ1n) is 4.27. The Bertz CT molecular complexity index is 506. The van der Waals surface area contributed by atoms with Gasteiger partial charge in [-0.3, -0.25) is 9.78 Å². The first kappa shape index (κ1) is 8.69. The van der Waals surface area contributed by atoms with Crippen molar-refractivity contribution in [2.45, 2.75) is 6.92 Å². The molecule has 1 N–H and O–H groups in total. The molecular formula is C11H9NO2. The van der Waals surface area contributed by atoms with Crippen LogP contribution in [0.5, 0.6) is 5.75 Å². The van der Waals surface area contributed by atoms with Crippen molar-refractivity contribution in [3.8, 4) is 5.75 Å². The fourth-order valence-corrected chi connectivity index (χ4v) is 1.48. The second-order valence-electron chi connectivity index (χ2n) is 3.11. The third-order valence-electron chi connectivity index (χ3n) is 2.17. The molecule has 3 heteroatoms. The molecule has 0 fully saturated rings. The predicted molar refractivity (Wildman–Crippen MR) is 53.4 cm³/mol. The lowest BCUT2D eigenvalue weighted by molar-refractivity contribution is 0.101. The molecule has 0 aliphatic carbocycles. The van der Waals surface area contributed by atoms with Crippen LogP contribution in [-0.2, 0) is 0 Å². The number of hydrogen-bond donors (Lipinski definition) is 1. The van der Waals surface area contributed by atoms with E-state index in [-0.39, 0.29) is 11.5 Å². The number of Topliss-reactive ketones (excluding diaryl/α,β-unsaturated/α-hetero) is 1. The van der Waals surface area contributed by atoms with Crippen LogP contribution in [0.25, 0.3) is 10.8 Å². The summed E-state index contributed by atoms with van der Waals surface area (Å²) in [6.07, 6.45) is 3.18. The number of benzene rings is 1. The van der Waals surface area contributed by atoms with Crippen LogP contribution in [-0.4, -0.2) is 15.9 Å². The number of hydrogen-bond acceptors (Lipinski definition) is 3. The summed E-state index contributed by atoms with van der Waals surface area (Å²) in [5.41, 5.74) is 0.589. The van der Waals surface area contributed by atoms with Crippen LogP contribution in [0.4, 0.5) is 0 Å². The van der Waals surface area contributed by atoms with E-state index in [2.05, 4.69) is 4.98 Å². The summed E-state index contributed by atoms with van der Waals surface area (Å²) in [6.45, 7) is 1.50. The van der Waals surface area contributed by atoms with Crippen molar-refractivity contribution in [2.75, 3.05) is 0 Å². The van der Waals surface area contributed by atoms with Gasteiger partial charge in [0.05, 0.1) is 0 Å². The van der Waals surface area contributed by atoms with Gasteiger partial charge in [0.15, 0.2) is 5.78 Å². The molecule has 0 saturated heterocycles. The summed E-state index contributed by atoms with van der Waals surface area (Å²) in [5.74, 6) is 0.149. The van der Waals surface area contributed by atoms with Gasteiger partial charge in [-0.2, -0.15) is 0 Å². The van der Waals surface area contributed by atoms with E-state index in [0.29, 0.717) is 16.3 Å². The van der Waals surface area contributed by atoms with E-state index >= 15 is 0 Å². The van der Waals surface area contributed by atoms with E-state index in [9.17, 15) is 9.90 Å². The summed E-state index contributed by atoms with van der Waals surface area (Å²) in [4.78, 5) is 15.2. The smallest absolute Gasteiger partial charge is 0.160 e. The number of nitrogens with zero attached hydrogens (tertiary/aromatic N) is 1. The lowest BCUT2D eigenvalue weighted by Gasteiger charge is -2.03. The largest absolute Gasteiger partial charge is 0.507 e. The number of fused-ring (bicyclic) bond motifs is 1. The molecule has 70 valence electrons. The molecule has 0 radical (unpaired) electrons. The van der Waals surface area contributed by atoms with Gasteiger partial charge in [-0.25, -0.2) is 0 Å². The van der Waals surface area contributed by atoms with Crippen molar-refractivity contribution in [3.63, 3.8) is 0 Å². The van der Waals surface area contributed by atoms with Gasteiger partial charge in [-0.1, -0.05) is 0 Å². The van der Waals surface area contributed by atoms with Crippen molar-refractivity contribution >= 4 is 16.6 Å². The summed E-state index contributed by atoms with van der Waals surface area (Å²) in [6, 6.07) is 4.83. The predicted octanol–water partition coefficient (Wildman–Crippen LogP) is 2.14. The molecule has 0 saturated carbocycles. The number of carbonyl (C=O) groups is 1. The van der Waals surface area contributed by atoms with E-state index in [1.807, 2.05) is 0 Å².